The van der Waals surface area contributed by atoms with E-state index in [4.69, 9.17) is 9.97 Å². The van der Waals surface area contributed by atoms with Gasteiger partial charge in [0.1, 0.15) is 11.5 Å². The number of hydrogen-bond acceptors (Lipinski definition) is 8. The summed E-state index contributed by atoms with van der Waals surface area (Å²) in [7, 11) is 0. The first-order chi connectivity index (χ1) is 17.5. The quantitative estimate of drug-likeness (QED) is 0.367. The van der Waals surface area contributed by atoms with E-state index in [1.54, 1.807) is 17.7 Å². The highest BCUT2D eigenvalue weighted by atomic mass is 16.1. The third-order valence-electron chi connectivity index (χ3n) is 7.51. The van der Waals surface area contributed by atoms with Crippen LogP contribution in [0.5, 0.6) is 0 Å². The second-order valence-corrected chi connectivity index (χ2v) is 9.72. The van der Waals surface area contributed by atoms with Gasteiger partial charge in [0.25, 0.3) is 5.56 Å². The van der Waals surface area contributed by atoms with E-state index in [2.05, 4.69) is 25.5 Å². The lowest BCUT2D eigenvalue weighted by molar-refractivity contribution is 0.101. The Morgan fingerprint density at radius 3 is 2.64 bits per heavy atom. The van der Waals surface area contributed by atoms with E-state index in [1.165, 1.54) is 6.92 Å². The number of aromatic nitrogens is 5. The van der Waals surface area contributed by atoms with Crippen molar-refractivity contribution < 1.29 is 4.79 Å². The minimum Gasteiger partial charge on any atom is -0.366 e. The number of anilines is 3. The van der Waals surface area contributed by atoms with Crippen LogP contribution in [0.4, 0.5) is 17.5 Å². The fourth-order valence-corrected chi connectivity index (χ4v) is 5.70. The molecular weight excluding hydrogens is 456 g/mol. The number of ketones is 1. The molecule has 186 valence electrons. The molecule has 5 heterocycles. The normalized spacial score (nSPS) is 16.8. The van der Waals surface area contributed by atoms with Gasteiger partial charge in [-0.05, 0) is 38.3 Å². The van der Waals surface area contributed by atoms with Crippen molar-refractivity contribution in [3.05, 3.63) is 46.1 Å². The van der Waals surface area contributed by atoms with E-state index < -0.39 is 0 Å². The maximum absolute atomic E-state index is 13.5. The van der Waals surface area contributed by atoms with Gasteiger partial charge in [-0.2, -0.15) is 4.98 Å². The van der Waals surface area contributed by atoms with Crippen molar-refractivity contribution in [2.24, 2.45) is 0 Å². The summed E-state index contributed by atoms with van der Waals surface area (Å²) >= 11 is 0. The Kier molecular flexibility index (Phi) is 5.67. The molecule has 3 N–H and O–H groups in total. The first-order valence-corrected chi connectivity index (χ1v) is 12.6. The molecule has 2 aliphatic rings. The number of fused-ring (bicyclic) bond motifs is 2. The number of pyridine rings is 2. The lowest BCUT2D eigenvalue weighted by Gasteiger charge is -2.29. The number of Topliss-reactive ketones (excluding diaryl/α,β-unsaturated/α-hetero) is 1. The highest BCUT2D eigenvalue weighted by Crippen LogP contribution is 2.33. The largest absolute Gasteiger partial charge is 0.366 e. The van der Waals surface area contributed by atoms with Gasteiger partial charge in [0.2, 0.25) is 5.95 Å². The van der Waals surface area contributed by atoms with E-state index in [-0.39, 0.29) is 22.9 Å². The summed E-state index contributed by atoms with van der Waals surface area (Å²) in [6.07, 6.45) is 9.43. The zero-order valence-electron chi connectivity index (χ0n) is 20.6. The van der Waals surface area contributed by atoms with E-state index in [0.29, 0.717) is 23.0 Å². The van der Waals surface area contributed by atoms with Gasteiger partial charge >= 0.3 is 0 Å². The number of nitrogens with one attached hydrogen (secondary N) is 3. The molecule has 1 aliphatic heterocycles. The van der Waals surface area contributed by atoms with Gasteiger partial charge in [-0.25, -0.2) is 9.97 Å². The predicted octanol–water partition coefficient (Wildman–Crippen LogP) is 3.45. The van der Waals surface area contributed by atoms with Crippen LogP contribution >= 0.6 is 0 Å². The fourth-order valence-electron chi connectivity index (χ4n) is 5.70. The Bertz CT molecular complexity index is 1530. The van der Waals surface area contributed by atoms with Crippen molar-refractivity contribution in [2.45, 2.75) is 45.6 Å². The zero-order chi connectivity index (χ0) is 24.8. The lowest BCUT2D eigenvalue weighted by atomic mass is 10.0. The third kappa shape index (κ3) is 3.72. The average Bonchev–Trinajstić information content (AvgIpc) is 3.58. The molecule has 0 radical (unpaired) electrons. The maximum atomic E-state index is 13.5. The molecule has 4 aromatic rings. The van der Waals surface area contributed by atoms with Crippen molar-refractivity contribution >= 4 is 45.2 Å². The Hall–Kier alpha value is -3.79. The summed E-state index contributed by atoms with van der Waals surface area (Å²) < 4.78 is 1.73. The predicted molar refractivity (Wildman–Crippen MR) is 141 cm³/mol. The molecule has 0 unspecified atom stereocenters. The van der Waals surface area contributed by atoms with E-state index in [1.807, 2.05) is 18.5 Å². The number of hydrogen-bond donors (Lipinski definition) is 3. The van der Waals surface area contributed by atoms with Crippen molar-refractivity contribution in [2.75, 3.05) is 36.4 Å². The standard InChI is InChI=1S/C26H30N8O2/c1-15-19-13-30-26(32-24(19)34(17-5-3-4-6-17)25(36)21(15)16(2)35)31-23-18-7-8-28-22(18)20(14-29-23)33-11-9-27-10-12-33/h7-8,13-14,17,27-28H,3-6,9-12H2,1-2H3,(H,29,30,31,32). The van der Waals surface area contributed by atoms with Crippen LogP contribution in [0.2, 0.25) is 0 Å². The van der Waals surface area contributed by atoms with Crippen molar-refractivity contribution in [1.29, 1.82) is 0 Å². The number of aryl methyl sites for hydroxylation is 1. The van der Waals surface area contributed by atoms with Crippen molar-refractivity contribution in [3.63, 3.8) is 0 Å². The smallest absolute Gasteiger partial charge is 0.263 e. The summed E-state index contributed by atoms with van der Waals surface area (Å²) in [4.78, 5) is 45.6. The number of aromatic amines is 1. The molecule has 1 saturated carbocycles. The first-order valence-electron chi connectivity index (χ1n) is 12.6. The van der Waals surface area contributed by atoms with Crippen LogP contribution in [-0.4, -0.2) is 56.5 Å². The average molecular weight is 487 g/mol. The van der Waals surface area contributed by atoms with Gasteiger partial charge in [0.05, 0.1) is 23.0 Å². The Morgan fingerprint density at radius 2 is 1.89 bits per heavy atom. The number of rotatable bonds is 5. The molecule has 36 heavy (non-hydrogen) atoms. The van der Waals surface area contributed by atoms with Gasteiger partial charge < -0.3 is 20.5 Å². The summed E-state index contributed by atoms with van der Waals surface area (Å²) in [5, 5.41) is 8.34. The van der Waals surface area contributed by atoms with Crippen LogP contribution < -0.4 is 21.1 Å². The molecule has 0 atom stereocenters. The highest BCUT2D eigenvalue weighted by Gasteiger charge is 2.26. The summed E-state index contributed by atoms with van der Waals surface area (Å²) in [6, 6.07) is 2.03. The van der Waals surface area contributed by atoms with E-state index >= 15 is 0 Å². The molecule has 0 amide bonds. The topological polar surface area (TPSA) is 121 Å². The highest BCUT2D eigenvalue weighted by molar-refractivity contribution is 6.00. The lowest BCUT2D eigenvalue weighted by Crippen LogP contribution is -2.43. The number of piperazine rings is 1. The van der Waals surface area contributed by atoms with Crippen LogP contribution in [0.3, 0.4) is 0 Å². The van der Waals surface area contributed by atoms with Gasteiger partial charge in [-0.1, -0.05) is 12.8 Å². The monoisotopic (exact) mass is 486 g/mol. The molecule has 10 nitrogen and oxygen atoms in total. The van der Waals surface area contributed by atoms with E-state index in [0.717, 1.165) is 73.8 Å². The molecule has 6 rings (SSSR count). The van der Waals surface area contributed by atoms with Crippen LogP contribution in [0.1, 0.15) is 54.6 Å². The second-order valence-electron chi connectivity index (χ2n) is 9.72. The Balaban J connectivity index is 1.44. The van der Waals surface area contributed by atoms with Crippen molar-refractivity contribution in [3.8, 4) is 0 Å². The second kappa shape index (κ2) is 9.02. The maximum Gasteiger partial charge on any atom is 0.263 e. The summed E-state index contributed by atoms with van der Waals surface area (Å²) in [6.45, 7) is 6.99. The minimum absolute atomic E-state index is 0.0364. The SMILES string of the molecule is CC(=O)c1c(C)c2cnc(Nc3ncc(N4CCNCC4)c4[nH]ccc34)nc2n(C2CCCC2)c1=O. The van der Waals surface area contributed by atoms with Crippen LogP contribution in [0.15, 0.2) is 29.5 Å². The van der Waals surface area contributed by atoms with Crippen LogP contribution in [0.25, 0.3) is 21.9 Å². The molecule has 0 bridgehead atoms. The number of carbonyl (C=O) groups is 1. The molecule has 1 aliphatic carbocycles. The number of carbonyl (C=O) groups excluding carboxylic acids is 1. The zero-order valence-corrected chi connectivity index (χ0v) is 20.6. The number of nitrogens with zero attached hydrogens (tertiary/aromatic N) is 5. The van der Waals surface area contributed by atoms with Gasteiger partial charge in [-0.15, -0.1) is 0 Å². The Labute approximate surface area is 208 Å². The first kappa shape index (κ1) is 22.7. The van der Waals surface area contributed by atoms with Crippen LogP contribution in [-0.2, 0) is 0 Å². The Morgan fingerprint density at radius 1 is 1.11 bits per heavy atom. The molecule has 4 aromatic heterocycles. The third-order valence-corrected chi connectivity index (χ3v) is 7.51. The van der Waals surface area contributed by atoms with Gasteiger partial charge in [0, 0.05) is 55.4 Å². The van der Waals surface area contributed by atoms with Crippen LogP contribution in [0, 0.1) is 6.92 Å². The summed E-state index contributed by atoms with van der Waals surface area (Å²) in [5.74, 6) is 0.793. The molecule has 0 aromatic carbocycles. The minimum atomic E-state index is -0.254. The van der Waals surface area contributed by atoms with E-state index in [9.17, 15) is 9.59 Å². The fraction of sp³-hybridized carbons (Fsp3) is 0.423. The summed E-state index contributed by atoms with van der Waals surface area (Å²) in [5.41, 5.74) is 3.27. The molecule has 10 heteroatoms. The van der Waals surface area contributed by atoms with Gasteiger partial charge in [0.15, 0.2) is 5.78 Å². The van der Waals surface area contributed by atoms with Gasteiger partial charge in [-0.3, -0.25) is 14.2 Å². The molecule has 0 spiro atoms. The van der Waals surface area contributed by atoms with Crippen molar-refractivity contribution in [1.82, 2.24) is 29.8 Å². The number of H-pyrrole nitrogens is 1. The molecular formula is C26H30N8O2. The molecule has 1 saturated heterocycles. The molecule has 2 fully saturated rings.